The number of nitrogens with zero attached hydrogens (tertiary/aromatic N) is 2. The molecule has 1 aromatic carbocycles. The van der Waals surface area contributed by atoms with Crippen molar-refractivity contribution in [3.05, 3.63) is 91.1 Å². The molecule has 3 aromatic heterocycles. The van der Waals surface area contributed by atoms with Crippen molar-refractivity contribution in [3.63, 3.8) is 0 Å². The fourth-order valence-electron chi connectivity index (χ4n) is 3.89. The quantitative estimate of drug-likeness (QED) is 0.275. The highest BCUT2D eigenvalue weighted by atomic mass is 15.1. The van der Waals surface area contributed by atoms with Crippen molar-refractivity contribution in [1.29, 1.82) is 0 Å². The predicted octanol–water partition coefficient (Wildman–Crippen LogP) is 6.73. The van der Waals surface area contributed by atoms with E-state index in [1.54, 1.807) is 6.20 Å². The molecule has 0 amide bonds. The van der Waals surface area contributed by atoms with E-state index in [1.165, 1.54) is 0 Å². The molecule has 5 nitrogen and oxygen atoms in total. The van der Waals surface area contributed by atoms with Crippen LogP contribution in [0.4, 0.5) is 0 Å². The summed E-state index contributed by atoms with van der Waals surface area (Å²) in [6.07, 6.45) is 10.6. The number of fused-ring (bicyclic) bond motifs is 2. The monoisotopic (exact) mass is 423 g/mol. The van der Waals surface area contributed by atoms with Gasteiger partial charge in [-0.1, -0.05) is 39.1 Å². The van der Waals surface area contributed by atoms with E-state index in [-0.39, 0.29) is 0 Å². The third-order valence-corrected chi connectivity index (χ3v) is 5.39. The molecule has 0 atom stereocenters. The number of benzene rings is 1. The largest absolute Gasteiger partial charge is 0.359 e. The van der Waals surface area contributed by atoms with E-state index in [9.17, 15) is 0 Å². The second-order valence-electron chi connectivity index (χ2n) is 8.35. The molecule has 32 heavy (non-hydrogen) atoms. The van der Waals surface area contributed by atoms with Gasteiger partial charge in [0.25, 0.3) is 0 Å². The Morgan fingerprint density at radius 3 is 2.75 bits per heavy atom. The SMILES string of the molecule is C=C/C(=C\C(=C/C)c1ccc2[nH]nc(-c3cc4cnccc4[nH]3)c2c1)NC(=C)CC(C)C. The zero-order chi connectivity index (χ0) is 22.7. The molecule has 0 aliphatic carbocycles. The second kappa shape index (κ2) is 9.10. The van der Waals surface area contributed by atoms with E-state index >= 15 is 0 Å². The average molecular weight is 424 g/mol. The lowest BCUT2D eigenvalue weighted by Crippen LogP contribution is -2.12. The summed E-state index contributed by atoms with van der Waals surface area (Å²) in [7, 11) is 0. The number of rotatable bonds is 8. The third kappa shape index (κ3) is 4.42. The zero-order valence-electron chi connectivity index (χ0n) is 18.9. The van der Waals surface area contributed by atoms with Gasteiger partial charge in [0.05, 0.1) is 11.2 Å². The molecule has 0 aliphatic heterocycles. The van der Waals surface area contributed by atoms with Crippen LogP contribution in [0.2, 0.25) is 0 Å². The maximum absolute atomic E-state index is 4.58. The summed E-state index contributed by atoms with van der Waals surface area (Å²) in [5.41, 5.74) is 8.02. The Morgan fingerprint density at radius 2 is 2.03 bits per heavy atom. The maximum atomic E-state index is 4.58. The lowest BCUT2D eigenvalue weighted by atomic mass is 10.0. The van der Waals surface area contributed by atoms with Gasteiger partial charge in [-0.2, -0.15) is 5.10 Å². The van der Waals surface area contributed by atoms with Gasteiger partial charge in [-0.15, -0.1) is 0 Å². The molecule has 3 N–H and O–H groups in total. The van der Waals surface area contributed by atoms with Crippen molar-refractivity contribution in [2.75, 3.05) is 0 Å². The first-order chi connectivity index (χ1) is 15.5. The standard InChI is InChI=1S/C27H29N5/c1-6-19(13-22(7-2)29-18(5)12-17(3)4)20-8-9-25-23(14-20)27(32-31-25)26-15-21-16-28-11-10-24(21)30-26/h6-11,13-17,29-30H,2,5,12H2,1,3-4H3,(H,31,32)/b19-6+,22-13+. The average Bonchev–Trinajstić information content (AvgIpc) is 3.39. The fourth-order valence-corrected chi connectivity index (χ4v) is 3.89. The van der Waals surface area contributed by atoms with E-state index in [2.05, 4.69) is 88.9 Å². The minimum absolute atomic E-state index is 0.546. The van der Waals surface area contributed by atoms with Crippen LogP contribution in [0.3, 0.4) is 0 Å². The molecule has 162 valence electrons. The summed E-state index contributed by atoms with van der Waals surface area (Å²) in [5.74, 6) is 0.546. The Labute approximate surface area is 188 Å². The van der Waals surface area contributed by atoms with Crippen LogP contribution in [-0.2, 0) is 0 Å². The van der Waals surface area contributed by atoms with Gasteiger partial charge in [0.15, 0.2) is 0 Å². The first-order valence-corrected chi connectivity index (χ1v) is 10.9. The Hall–Kier alpha value is -3.86. The van der Waals surface area contributed by atoms with Crippen LogP contribution < -0.4 is 5.32 Å². The number of H-pyrrole nitrogens is 2. The molecule has 0 aliphatic rings. The Morgan fingerprint density at radius 1 is 1.19 bits per heavy atom. The molecule has 5 heteroatoms. The fraction of sp³-hybridized carbons (Fsp3) is 0.185. The highest BCUT2D eigenvalue weighted by Gasteiger charge is 2.12. The summed E-state index contributed by atoms with van der Waals surface area (Å²) < 4.78 is 0. The topological polar surface area (TPSA) is 69.4 Å². The second-order valence-corrected chi connectivity index (χ2v) is 8.35. The van der Waals surface area contributed by atoms with E-state index in [4.69, 9.17) is 0 Å². The number of nitrogens with one attached hydrogen (secondary N) is 3. The van der Waals surface area contributed by atoms with E-state index in [0.717, 1.165) is 62.1 Å². The lowest BCUT2D eigenvalue weighted by molar-refractivity contribution is 0.622. The molecule has 0 bridgehead atoms. The van der Waals surface area contributed by atoms with Crippen LogP contribution in [0.25, 0.3) is 38.8 Å². The first kappa shape index (κ1) is 21.4. The zero-order valence-corrected chi connectivity index (χ0v) is 18.9. The molecular weight excluding hydrogens is 394 g/mol. The smallest absolute Gasteiger partial charge is 0.116 e. The summed E-state index contributed by atoms with van der Waals surface area (Å²) in [5, 5.41) is 13.3. The highest BCUT2D eigenvalue weighted by Crippen LogP contribution is 2.31. The van der Waals surface area contributed by atoms with Crippen molar-refractivity contribution >= 4 is 27.4 Å². The number of hydrogen-bond donors (Lipinski definition) is 3. The minimum atomic E-state index is 0.546. The Balaban J connectivity index is 1.69. The van der Waals surface area contributed by atoms with Crippen LogP contribution in [0, 0.1) is 5.92 Å². The van der Waals surface area contributed by atoms with Gasteiger partial charge < -0.3 is 10.3 Å². The molecule has 3 heterocycles. The summed E-state index contributed by atoms with van der Waals surface area (Å²) in [6.45, 7) is 14.5. The van der Waals surface area contributed by atoms with Gasteiger partial charge in [-0.25, -0.2) is 0 Å². The molecule has 0 saturated carbocycles. The van der Waals surface area contributed by atoms with Crippen LogP contribution in [0.15, 0.2) is 85.5 Å². The van der Waals surface area contributed by atoms with Crippen molar-refractivity contribution < 1.29 is 0 Å². The third-order valence-electron chi connectivity index (χ3n) is 5.39. The molecule has 0 unspecified atom stereocenters. The molecule has 0 saturated heterocycles. The van der Waals surface area contributed by atoms with Gasteiger partial charge >= 0.3 is 0 Å². The summed E-state index contributed by atoms with van der Waals surface area (Å²) in [4.78, 5) is 7.66. The van der Waals surface area contributed by atoms with Crippen molar-refractivity contribution in [3.8, 4) is 11.4 Å². The van der Waals surface area contributed by atoms with Crippen LogP contribution in [-0.4, -0.2) is 20.2 Å². The highest BCUT2D eigenvalue weighted by molar-refractivity contribution is 5.97. The van der Waals surface area contributed by atoms with Gasteiger partial charge in [0, 0.05) is 40.1 Å². The van der Waals surface area contributed by atoms with Crippen molar-refractivity contribution in [2.45, 2.75) is 27.2 Å². The number of allylic oxidation sites excluding steroid dienone is 5. The van der Waals surface area contributed by atoms with Crippen LogP contribution in [0.5, 0.6) is 0 Å². The number of pyridine rings is 1. The molecule has 4 rings (SSSR count). The Bertz CT molecular complexity index is 1310. The van der Waals surface area contributed by atoms with Crippen molar-refractivity contribution in [2.24, 2.45) is 5.92 Å². The normalized spacial score (nSPS) is 12.6. The molecule has 0 radical (unpaired) electrons. The maximum Gasteiger partial charge on any atom is 0.116 e. The molecule has 0 spiro atoms. The van der Waals surface area contributed by atoms with E-state index < -0.39 is 0 Å². The summed E-state index contributed by atoms with van der Waals surface area (Å²) in [6, 6.07) is 10.4. The van der Waals surface area contributed by atoms with Gasteiger partial charge in [-0.05, 0) is 66.8 Å². The molecule has 4 aromatic rings. The van der Waals surface area contributed by atoms with E-state index in [0.29, 0.717) is 5.92 Å². The minimum Gasteiger partial charge on any atom is -0.359 e. The summed E-state index contributed by atoms with van der Waals surface area (Å²) >= 11 is 0. The van der Waals surface area contributed by atoms with Crippen molar-refractivity contribution in [1.82, 2.24) is 25.5 Å². The number of aromatic nitrogens is 4. The van der Waals surface area contributed by atoms with E-state index in [1.807, 2.05) is 25.3 Å². The molecular formula is C27H29N5. The van der Waals surface area contributed by atoms with Gasteiger partial charge in [0.1, 0.15) is 5.69 Å². The molecule has 0 fully saturated rings. The van der Waals surface area contributed by atoms with Crippen LogP contribution >= 0.6 is 0 Å². The predicted molar refractivity (Wildman–Crippen MR) is 135 cm³/mol. The van der Waals surface area contributed by atoms with Gasteiger partial charge in [0.2, 0.25) is 0 Å². The Kier molecular flexibility index (Phi) is 6.08. The van der Waals surface area contributed by atoms with Crippen LogP contribution in [0.1, 0.15) is 32.8 Å². The first-order valence-electron chi connectivity index (χ1n) is 10.9. The number of aromatic amines is 2. The number of hydrogen-bond acceptors (Lipinski definition) is 3. The van der Waals surface area contributed by atoms with Gasteiger partial charge in [-0.3, -0.25) is 10.1 Å². The lowest BCUT2D eigenvalue weighted by Gasteiger charge is -2.13.